The highest BCUT2D eigenvalue weighted by molar-refractivity contribution is 6.25. The molecule has 1 unspecified atom stereocenters. The van der Waals surface area contributed by atoms with Crippen molar-refractivity contribution >= 4 is 23.6 Å². The molecule has 3 aromatic rings. The summed E-state index contributed by atoms with van der Waals surface area (Å²) in [6.07, 6.45) is 0.969. The van der Waals surface area contributed by atoms with Gasteiger partial charge >= 0.3 is 0 Å². The van der Waals surface area contributed by atoms with Crippen LogP contribution in [0.2, 0.25) is 0 Å². The molecule has 2 N–H and O–H groups in total. The van der Waals surface area contributed by atoms with Gasteiger partial charge in [0.2, 0.25) is 11.8 Å². The van der Waals surface area contributed by atoms with Gasteiger partial charge in [0, 0.05) is 13.0 Å². The molecule has 4 amide bonds. The Balaban J connectivity index is 1.40. The van der Waals surface area contributed by atoms with Crippen molar-refractivity contribution in [2.45, 2.75) is 31.8 Å². The monoisotopic (exact) mass is 467 g/mol. The van der Waals surface area contributed by atoms with Gasteiger partial charge in [-0.25, -0.2) is 0 Å². The summed E-state index contributed by atoms with van der Waals surface area (Å²) < 4.78 is 0. The number of rotatable bonds is 7. The molecular weight excluding hydrogens is 442 g/mol. The Hall–Kier alpha value is -4.10. The Kier molecular flexibility index (Phi) is 6.25. The number of benzene rings is 3. The second kappa shape index (κ2) is 9.64. The molecule has 1 saturated heterocycles. The largest absolute Gasteiger partial charge is 0.312 e. The average molecular weight is 468 g/mol. The fraction of sp³-hybridized carbons (Fsp3) is 0.214. The molecular formula is C28H25N3O4. The van der Waals surface area contributed by atoms with Crippen LogP contribution in [0.25, 0.3) is 11.1 Å². The first kappa shape index (κ1) is 22.7. The molecule has 0 radical (unpaired) electrons. The van der Waals surface area contributed by atoms with E-state index in [0.717, 1.165) is 35.5 Å². The molecule has 176 valence electrons. The number of amides is 4. The molecule has 35 heavy (non-hydrogen) atoms. The van der Waals surface area contributed by atoms with E-state index < -0.39 is 29.7 Å². The van der Waals surface area contributed by atoms with Gasteiger partial charge in [0.05, 0.1) is 11.1 Å². The molecule has 5 rings (SSSR count). The first-order chi connectivity index (χ1) is 17.0. The molecule has 2 aliphatic heterocycles. The maximum atomic E-state index is 13.5. The molecule has 2 aliphatic rings. The lowest BCUT2D eigenvalue weighted by Gasteiger charge is -2.27. The molecule has 7 heteroatoms. The lowest BCUT2D eigenvalue weighted by molar-refractivity contribution is -0.136. The fourth-order valence-corrected chi connectivity index (χ4v) is 4.79. The van der Waals surface area contributed by atoms with Gasteiger partial charge in [-0.2, -0.15) is 0 Å². The Morgan fingerprint density at radius 2 is 1.51 bits per heavy atom. The molecule has 1 fully saturated rings. The second-order valence-corrected chi connectivity index (χ2v) is 8.74. The van der Waals surface area contributed by atoms with E-state index in [1.165, 1.54) is 5.56 Å². The SMILES string of the molecule is O=C1CCC(N2C(=O)c3cccc(-c4ccccc4CCNCc4ccccc4)c3C2=O)C(=O)N1. The van der Waals surface area contributed by atoms with Crippen LogP contribution >= 0.6 is 0 Å². The Morgan fingerprint density at radius 3 is 2.31 bits per heavy atom. The predicted octanol–water partition coefficient (Wildman–Crippen LogP) is 3.09. The number of piperidine rings is 1. The minimum atomic E-state index is -0.981. The highest BCUT2D eigenvalue weighted by Gasteiger charge is 2.45. The van der Waals surface area contributed by atoms with Crippen molar-refractivity contribution in [1.29, 1.82) is 0 Å². The molecule has 0 aliphatic carbocycles. The standard InChI is InChI=1S/C28H25N3O4/c32-24-14-13-23(26(33)30-24)31-27(34)22-12-6-11-21(25(22)28(31)35)20-10-5-4-9-19(20)15-16-29-17-18-7-2-1-3-8-18/h1-12,23,29H,13-17H2,(H,30,32,33). The van der Waals surface area contributed by atoms with Crippen LogP contribution in [-0.2, 0) is 22.6 Å². The summed E-state index contributed by atoms with van der Waals surface area (Å²) >= 11 is 0. The zero-order chi connectivity index (χ0) is 24.4. The fourth-order valence-electron chi connectivity index (χ4n) is 4.79. The van der Waals surface area contributed by atoms with Crippen LogP contribution in [0.1, 0.15) is 44.7 Å². The third-order valence-corrected chi connectivity index (χ3v) is 6.52. The van der Waals surface area contributed by atoms with Gasteiger partial charge in [0.25, 0.3) is 11.8 Å². The summed E-state index contributed by atoms with van der Waals surface area (Å²) in [6.45, 7) is 1.51. The van der Waals surface area contributed by atoms with Crippen LogP contribution in [0.4, 0.5) is 0 Å². The van der Waals surface area contributed by atoms with Crippen LogP contribution in [0.3, 0.4) is 0 Å². The molecule has 0 aromatic heterocycles. The van der Waals surface area contributed by atoms with Crippen molar-refractivity contribution < 1.29 is 19.2 Å². The van der Waals surface area contributed by atoms with Crippen LogP contribution in [0.5, 0.6) is 0 Å². The van der Waals surface area contributed by atoms with Crippen molar-refractivity contribution in [1.82, 2.24) is 15.5 Å². The van der Waals surface area contributed by atoms with E-state index in [-0.39, 0.29) is 18.4 Å². The number of hydrogen-bond acceptors (Lipinski definition) is 5. The van der Waals surface area contributed by atoms with Crippen molar-refractivity contribution in [3.63, 3.8) is 0 Å². The van der Waals surface area contributed by atoms with Gasteiger partial charge in [-0.3, -0.25) is 29.4 Å². The normalized spacial score (nSPS) is 17.5. The van der Waals surface area contributed by atoms with Gasteiger partial charge < -0.3 is 5.32 Å². The lowest BCUT2D eigenvalue weighted by Crippen LogP contribution is -2.54. The number of hydrogen-bond donors (Lipinski definition) is 2. The zero-order valence-electron chi connectivity index (χ0n) is 19.1. The summed E-state index contributed by atoms with van der Waals surface area (Å²) in [4.78, 5) is 51.6. The molecule has 2 heterocycles. The number of imide groups is 2. The smallest absolute Gasteiger partial charge is 0.262 e. The van der Waals surface area contributed by atoms with E-state index in [4.69, 9.17) is 0 Å². The first-order valence-corrected chi connectivity index (χ1v) is 11.7. The average Bonchev–Trinajstić information content (AvgIpc) is 3.13. The van der Waals surface area contributed by atoms with E-state index >= 15 is 0 Å². The highest BCUT2D eigenvalue weighted by Crippen LogP contribution is 2.36. The maximum absolute atomic E-state index is 13.5. The number of nitrogens with zero attached hydrogens (tertiary/aromatic N) is 1. The lowest BCUT2D eigenvalue weighted by atomic mass is 9.92. The van der Waals surface area contributed by atoms with Crippen molar-refractivity contribution in [2.75, 3.05) is 6.54 Å². The van der Waals surface area contributed by atoms with Crippen LogP contribution in [-0.4, -0.2) is 41.1 Å². The summed E-state index contributed by atoms with van der Waals surface area (Å²) in [7, 11) is 0. The van der Waals surface area contributed by atoms with Gasteiger partial charge in [-0.1, -0.05) is 66.7 Å². The van der Waals surface area contributed by atoms with E-state index in [2.05, 4.69) is 22.8 Å². The number of carbonyl (C=O) groups is 4. The van der Waals surface area contributed by atoms with Crippen molar-refractivity contribution in [3.05, 3.63) is 95.1 Å². The minimum Gasteiger partial charge on any atom is -0.312 e. The van der Waals surface area contributed by atoms with E-state index in [1.54, 1.807) is 12.1 Å². The molecule has 3 aromatic carbocycles. The third-order valence-electron chi connectivity index (χ3n) is 6.52. The number of carbonyl (C=O) groups excluding carboxylic acids is 4. The van der Waals surface area contributed by atoms with Gasteiger partial charge in [0.1, 0.15) is 6.04 Å². The predicted molar refractivity (Wildman–Crippen MR) is 130 cm³/mol. The number of nitrogens with one attached hydrogen (secondary N) is 2. The summed E-state index contributed by atoms with van der Waals surface area (Å²) in [5.74, 6) is -1.99. The summed E-state index contributed by atoms with van der Waals surface area (Å²) in [6, 6.07) is 22.3. The van der Waals surface area contributed by atoms with Gasteiger partial charge in [-0.05, 0) is 47.7 Å². The van der Waals surface area contributed by atoms with E-state index in [9.17, 15) is 19.2 Å². The van der Waals surface area contributed by atoms with Crippen LogP contribution < -0.4 is 10.6 Å². The van der Waals surface area contributed by atoms with Gasteiger partial charge in [-0.15, -0.1) is 0 Å². The van der Waals surface area contributed by atoms with Crippen molar-refractivity contribution in [2.24, 2.45) is 0 Å². The number of fused-ring (bicyclic) bond motifs is 1. The molecule has 1 atom stereocenters. The highest BCUT2D eigenvalue weighted by atomic mass is 16.2. The Bertz CT molecular complexity index is 1320. The van der Waals surface area contributed by atoms with E-state index in [1.807, 2.05) is 48.5 Å². The first-order valence-electron chi connectivity index (χ1n) is 11.7. The second-order valence-electron chi connectivity index (χ2n) is 8.74. The summed E-state index contributed by atoms with van der Waals surface area (Å²) in [5, 5.41) is 5.69. The zero-order valence-corrected chi connectivity index (χ0v) is 19.1. The Morgan fingerprint density at radius 1 is 0.800 bits per heavy atom. The topological polar surface area (TPSA) is 95.6 Å². The minimum absolute atomic E-state index is 0.0927. The van der Waals surface area contributed by atoms with Crippen molar-refractivity contribution in [3.8, 4) is 11.1 Å². The molecule has 7 nitrogen and oxygen atoms in total. The Labute approximate surface area is 203 Å². The molecule has 0 spiro atoms. The summed E-state index contributed by atoms with van der Waals surface area (Å²) in [5.41, 5.74) is 4.42. The third kappa shape index (κ3) is 4.38. The maximum Gasteiger partial charge on any atom is 0.262 e. The molecule has 0 bridgehead atoms. The van der Waals surface area contributed by atoms with Gasteiger partial charge in [0.15, 0.2) is 0 Å². The van der Waals surface area contributed by atoms with Crippen LogP contribution in [0, 0.1) is 0 Å². The quantitative estimate of drug-likeness (QED) is 0.411. The molecule has 0 saturated carbocycles. The van der Waals surface area contributed by atoms with E-state index in [0.29, 0.717) is 11.1 Å². The van der Waals surface area contributed by atoms with Crippen LogP contribution in [0.15, 0.2) is 72.8 Å².